The molecule has 0 saturated carbocycles. The summed E-state index contributed by atoms with van der Waals surface area (Å²) in [5.41, 5.74) is 0.801. The summed E-state index contributed by atoms with van der Waals surface area (Å²) in [5, 5.41) is 8.95. The van der Waals surface area contributed by atoms with Gasteiger partial charge in [-0.05, 0) is 30.7 Å². The number of nitrogens with zero attached hydrogens (tertiary/aromatic N) is 1. The summed E-state index contributed by atoms with van der Waals surface area (Å²) in [6.07, 6.45) is 3.26. The van der Waals surface area contributed by atoms with Crippen LogP contribution < -0.4 is 4.74 Å². The molecule has 0 aliphatic heterocycles. The zero-order valence-electron chi connectivity index (χ0n) is 12.0. The molecule has 0 aromatic heterocycles. The van der Waals surface area contributed by atoms with E-state index in [0.29, 0.717) is 24.4 Å². The topological polar surface area (TPSA) is 66.8 Å². The first-order valence-corrected chi connectivity index (χ1v) is 6.46. The van der Waals surface area contributed by atoms with Gasteiger partial charge in [-0.2, -0.15) is 0 Å². The Kier molecular flexibility index (Phi) is 6.20. The third-order valence-corrected chi connectivity index (χ3v) is 2.84. The van der Waals surface area contributed by atoms with Gasteiger partial charge in [0, 0.05) is 13.1 Å². The van der Waals surface area contributed by atoms with Gasteiger partial charge in [0.15, 0.2) is 6.61 Å². The Hall–Kier alpha value is -2.56. The molecule has 0 saturated heterocycles. The number of rotatable bonds is 8. The van der Waals surface area contributed by atoms with Crippen LogP contribution in [0.25, 0.3) is 0 Å². The van der Waals surface area contributed by atoms with Crippen LogP contribution in [-0.2, 0) is 4.79 Å². The lowest BCUT2D eigenvalue weighted by molar-refractivity contribution is -0.132. The van der Waals surface area contributed by atoms with E-state index in [-0.39, 0.29) is 18.1 Å². The number of hydrogen-bond donors (Lipinski definition) is 1. The molecule has 1 N–H and O–H groups in total. The number of aromatic carboxylic acids is 1. The lowest BCUT2D eigenvalue weighted by atomic mass is 10.1. The van der Waals surface area contributed by atoms with Crippen LogP contribution in [0.15, 0.2) is 43.5 Å². The fourth-order valence-electron chi connectivity index (χ4n) is 1.79. The van der Waals surface area contributed by atoms with Gasteiger partial charge >= 0.3 is 5.97 Å². The largest absolute Gasteiger partial charge is 0.484 e. The van der Waals surface area contributed by atoms with Crippen LogP contribution in [0, 0.1) is 6.92 Å². The number of ether oxygens (including phenoxy) is 1. The summed E-state index contributed by atoms with van der Waals surface area (Å²) >= 11 is 0. The molecule has 0 spiro atoms. The van der Waals surface area contributed by atoms with E-state index in [1.807, 2.05) is 0 Å². The number of hydrogen-bond acceptors (Lipinski definition) is 3. The molecule has 0 heterocycles. The quantitative estimate of drug-likeness (QED) is 0.746. The maximum absolute atomic E-state index is 12.0. The van der Waals surface area contributed by atoms with Crippen molar-refractivity contribution in [3.05, 3.63) is 54.6 Å². The number of carbonyl (C=O) groups is 2. The molecule has 0 aliphatic carbocycles. The maximum atomic E-state index is 12.0. The zero-order valence-corrected chi connectivity index (χ0v) is 12.0. The molecule has 0 fully saturated rings. The molecule has 0 aliphatic rings. The van der Waals surface area contributed by atoms with Crippen molar-refractivity contribution in [2.24, 2.45) is 0 Å². The van der Waals surface area contributed by atoms with Crippen molar-refractivity contribution in [1.29, 1.82) is 0 Å². The molecule has 1 aromatic rings. The number of carboxylic acid groups (broad SMARTS) is 1. The Balaban J connectivity index is 2.67. The predicted molar refractivity (Wildman–Crippen MR) is 80.6 cm³/mol. The van der Waals surface area contributed by atoms with E-state index in [1.54, 1.807) is 30.0 Å². The molecule has 0 radical (unpaired) electrons. The van der Waals surface area contributed by atoms with Crippen molar-refractivity contribution in [1.82, 2.24) is 4.90 Å². The molecule has 1 aromatic carbocycles. The second-order valence-corrected chi connectivity index (χ2v) is 4.45. The monoisotopic (exact) mass is 289 g/mol. The first-order valence-electron chi connectivity index (χ1n) is 6.46. The average molecular weight is 289 g/mol. The normalized spacial score (nSPS) is 9.76. The molecule has 112 valence electrons. The van der Waals surface area contributed by atoms with Crippen LogP contribution in [0.1, 0.15) is 15.9 Å². The van der Waals surface area contributed by atoms with Gasteiger partial charge < -0.3 is 14.7 Å². The van der Waals surface area contributed by atoms with E-state index in [9.17, 15) is 9.59 Å². The Bertz CT molecular complexity index is 541. The zero-order chi connectivity index (χ0) is 15.8. The van der Waals surface area contributed by atoms with Crippen LogP contribution in [0.5, 0.6) is 5.75 Å². The fraction of sp³-hybridized carbons (Fsp3) is 0.250. The molecule has 1 rings (SSSR count). The van der Waals surface area contributed by atoms with Gasteiger partial charge in [0.2, 0.25) is 0 Å². The van der Waals surface area contributed by atoms with Crippen LogP contribution in [0.3, 0.4) is 0 Å². The van der Waals surface area contributed by atoms with E-state index in [2.05, 4.69) is 13.2 Å². The Morgan fingerprint density at radius 1 is 1.29 bits per heavy atom. The summed E-state index contributed by atoms with van der Waals surface area (Å²) in [6, 6.07) is 4.60. The smallest absolute Gasteiger partial charge is 0.335 e. The van der Waals surface area contributed by atoms with Crippen LogP contribution in [-0.4, -0.2) is 41.6 Å². The molecule has 0 unspecified atom stereocenters. The van der Waals surface area contributed by atoms with Crippen molar-refractivity contribution in [3.63, 3.8) is 0 Å². The van der Waals surface area contributed by atoms with E-state index >= 15 is 0 Å². The standard InChI is InChI=1S/C16H19NO4/c1-4-8-17(9-5-2)15(18)11-21-13-6-7-14(16(19)20)12(3)10-13/h4-7,10H,1-2,8-9,11H2,3H3,(H,19,20). The van der Waals surface area contributed by atoms with E-state index < -0.39 is 5.97 Å². The van der Waals surface area contributed by atoms with Crippen molar-refractivity contribution in [3.8, 4) is 5.75 Å². The molecule has 5 nitrogen and oxygen atoms in total. The second kappa shape index (κ2) is 7.89. The lowest BCUT2D eigenvalue weighted by Gasteiger charge is -2.19. The SMILES string of the molecule is C=CCN(CC=C)C(=O)COc1ccc(C(=O)O)c(C)c1. The second-order valence-electron chi connectivity index (χ2n) is 4.45. The number of benzene rings is 1. The molecule has 1 amide bonds. The van der Waals surface area contributed by atoms with Crippen LogP contribution >= 0.6 is 0 Å². The summed E-state index contributed by atoms with van der Waals surface area (Å²) < 4.78 is 5.40. The molecule has 5 heteroatoms. The fourth-order valence-corrected chi connectivity index (χ4v) is 1.79. The molecular formula is C16H19NO4. The minimum atomic E-state index is -0.988. The number of amides is 1. The minimum absolute atomic E-state index is 0.118. The van der Waals surface area contributed by atoms with Crippen molar-refractivity contribution < 1.29 is 19.4 Å². The highest BCUT2D eigenvalue weighted by molar-refractivity contribution is 5.89. The predicted octanol–water partition coefficient (Wildman–Crippen LogP) is 2.27. The lowest BCUT2D eigenvalue weighted by Crippen LogP contribution is -2.35. The third kappa shape index (κ3) is 4.80. The summed E-state index contributed by atoms with van der Waals surface area (Å²) in [7, 11) is 0. The molecule has 0 atom stereocenters. The first-order chi connectivity index (χ1) is 9.99. The number of carbonyl (C=O) groups excluding carboxylic acids is 1. The van der Waals surface area contributed by atoms with Gasteiger partial charge in [-0.15, -0.1) is 13.2 Å². The Labute approximate surface area is 124 Å². The summed E-state index contributed by atoms with van der Waals surface area (Å²) in [6.45, 7) is 9.60. The van der Waals surface area contributed by atoms with Gasteiger partial charge in [-0.25, -0.2) is 4.79 Å². The summed E-state index contributed by atoms with van der Waals surface area (Å²) in [4.78, 5) is 24.4. The Morgan fingerprint density at radius 2 is 1.90 bits per heavy atom. The van der Waals surface area contributed by atoms with Crippen molar-refractivity contribution in [2.45, 2.75) is 6.92 Å². The Morgan fingerprint density at radius 3 is 2.38 bits per heavy atom. The highest BCUT2D eigenvalue weighted by atomic mass is 16.5. The van der Waals surface area contributed by atoms with Gasteiger partial charge in [0.25, 0.3) is 5.91 Å². The number of carboxylic acids is 1. The minimum Gasteiger partial charge on any atom is -0.484 e. The van der Waals surface area contributed by atoms with Gasteiger partial charge in [0.05, 0.1) is 5.56 Å². The van der Waals surface area contributed by atoms with Crippen LogP contribution in [0.2, 0.25) is 0 Å². The van der Waals surface area contributed by atoms with E-state index in [0.717, 1.165) is 0 Å². The van der Waals surface area contributed by atoms with Crippen LogP contribution in [0.4, 0.5) is 0 Å². The van der Waals surface area contributed by atoms with Crippen molar-refractivity contribution >= 4 is 11.9 Å². The number of aryl methyl sites for hydroxylation is 1. The van der Waals surface area contributed by atoms with E-state index in [4.69, 9.17) is 9.84 Å². The summed E-state index contributed by atoms with van der Waals surface area (Å²) in [5.74, 6) is -0.712. The van der Waals surface area contributed by atoms with Crippen molar-refractivity contribution in [2.75, 3.05) is 19.7 Å². The van der Waals surface area contributed by atoms with Gasteiger partial charge in [-0.3, -0.25) is 4.79 Å². The third-order valence-electron chi connectivity index (χ3n) is 2.84. The first kappa shape index (κ1) is 16.5. The molecule has 21 heavy (non-hydrogen) atoms. The van der Waals surface area contributed by atoms with Gasteiger partial charge in [0.1, 0.15) is 5.75 Å². The average Bonchev–Trinajstić information content (AvgIpc) is 2.44. The highest BCUT2D eigenvalue weighted by Gasteiger charge is 2.12. The molecular weight excluding hydrogens is 270 g/mol. The highest BCUT2D eigenvalue weighted by Crippen LogP contribution is 2.17. The van der Waals surface area contributed by atoms with Gasteiger partial charge in [-0.1, -0.05) is 12.2 Å². The maximum Gasteiger partial charge on any atom is 0.335 e. The van der Waals surface area contributed by atoms with E-state index in [1.165, 1.54) is 12.1 Å². The molecule has 0 bridgehead atoms.